The van der Waals surface area contributed by atoms with Crippen LogP contribution >= 0.6 is 0 Å². The van der Waals surface area contributed by atoms with Crippen molar-refractivity contribution in [1.82, 2.24) is 4.90 Å². The van der Waals surface area contributed by atoms with Crippen molar-refractivity contribution in [3.05, 3.63) is 34.9 Å². The first kappa shape index (κ1) is 14.1. The molecule has 0 radical (unpaired) electrons. The van der Waals surface area contributed by atoms with E-state index in [4.69, 9.17) is 5.11 Å². The number of aliphatic carboxylic acids is 1. The van der Waals surface area contributed by atoms with Gasteiger partial charge in [-0.15, -0.1) is 0 Å². The number of hydrogen-bond donors (Lipinski definition) is 1. The van der Waals surface area contributed by atoms with Crippen LogP contribution in [0.1, 0.15) is 42.9 Å². The van der Waals surface area contributed by atoms with Gasteiger partial charge in [-0.3, -0.25) is 9.69 Å². The summed E-state index contributed by atoms with van der Waals surface area (Å²) in [6.45, 7) is 4.01. The molecule has 1 aromatic carbocycles. The molecular formula is C16H23NO2. The van der Waals surface area contributed by atoms with Gasteiger partial charge in [-0.05, 0) is 36.0 Å². The predicted molar refractivity (Wildman–Crippen MR) is 76.3 cm³/mol. The Morgan fingerprint density at radius 2 is 2.16 bits per heavy atom. The molecule has 0 aliphatic carbocycles. The first-order valence-corrected chi connectivity index (χ1v) is 7.24. The number of fused-ring (bicyclic) bond motifs is 1. The van der Waals surface area contributed by atoms with Gasteiger partial charge in [-0.25, -0.2) is 0 Å². The smallest absolute Gasteiger partial charge is 0.317 e. The highest BCUT2D eigenvalue weighted by Gasteiger charge is 2.18. The normalized spacial score (nSPS) is 15.2. The lowest BCUT2D eigenvalue weighted by molar-refractivity contribution is -0.138. The van der Waals surface area contributed by atoms with E-state index in [9.17, 15) is 4.79 Å². The van der Waals surface area contributed by atoms with Gasteiger partial charge in [-0.2, -0.15) is 0 Å². The number of carbonyl (C=O) groups is 1. The van der Waals surface area contributed by atoms with Crippen LogP contribution in [-0.4, -0.2) is 29.1 Å². The Bertz CT molecular complexity index is 442. The Morgan fingerprint density at radius 3 is 2.89 bits per heavy atom. The first-order chi connectivity index (χ1) is 9.19. The van der Waals surface area contributed by atoms with E-state index in [0.29, 0.717) is 0 Å². The van der Waals surface area contributed by atoms with Gasteiger partial charge in [-0.1, -0.05) is 38.0 Å². The molecule has 0 saturated heterocycles. The van der Waals surface area contributed by atoms with Crippen LogP contribution in [0.5, 0.6) is 0 Å². The third-order valence-corrected chi connectivity index (χ3v) is 3.79. The van der Waals surface area contributed by atoms with E-state index >= 15 is 0 Å². The number of aryl methyl sites for hydroxylation is 1. The Kier molecular flexibility index (Phi) is 4.97. The molecule has 19 heavy (non-hydrogen) atoms. The van der Waals surface area contributed by atoms with Crippen LogP contribution in [0.15, 0.2) is 18.2 Å². The molecule has 0 amide bonds. The molecule has 0 aromatic heterocycles. The van der Waals surface area contributed by atoms with Crippen LogP contribution in [0.25, 0.3) is 0 Å². The molecule has 1 N–H and O–H groups in total. The van der Waals surface area contributed by atoms with E-state index in [0.717, 1.165) is 19.5 Å². The van der Waals surface area contributed by atoms with Crippen LogP contribution in [0.3, 0.4) is 0 Å². The largest absolute Gasteiger partial charge is 0.480 e. The fourth-order valence-electron chi connectivity index (χ4n) is 2.73. The lowest BCUT2D eigenvalue weighted by Crippen LogP contribution is -2.34. The summed E-state index contributed by atoms with van der Waals surface area (Å²) in [6, 6.07) is 6.71. The molecule has 0 atom stereocenters. The number of unbranched alkanes of at least 4 members (excludes halogenated alkanes) is 2. The summed E-state index contributed by atoms with van der Waals surface area (Å²) < 4.78 is 0. The molecular weight excluding hydrogens is 238 g/mol. The summed E-state index contributed by atoms with van der Waals surface area (Å²) in [6.07, 6.45) is 5.96. The molecule has 3 heteroatoms. The summed E-state index contributed by atoms with van der Waals surface area (Å²) in [5.74, 6) is -0.736. The molecule has 1 aliphatic rings. The van der Waals surface area contributed by atoms with Crippen molar-refractivity contribution in [2.45, 2.75) is 45.6 Å². The second kappa shape index (κ2) is 6.71. The van der Waals surface area contributed by atoms with E-state index in [-0.39, 0.29) is 6.54 Å². The van der Waals surface area contributed by atoms with Crippen molar-refractivity contribution in [3.8, 4) is 0 Å². The maximum Gasteiger partial charge on any atom is 0.317 e. The molecule has 0 spiro atoms. The van der Waals surface area contributed by atoms with Gasteiger partial charge >= 0.3 is 5.97 Å². The molecule has 3 nitrogen and oxygen atoms in total. The number of hydrogen-bond acceptors (Lipinski definition) is 2. The molecule has 2 rings (SSSR count). The zero-order chi connectivity index (χ0) is 13.7. The third-order valence-electron chi connectivity index (χ3n) is 3.79. The summed E-state index contributed by atoms with van der Waals surface area (Å²) in [5.41, 5.74) is 4.14. The lowest BCUT2D eigenvalue weighted by atomic mass is 9.95. The minimum atomic E-state index is -0.736. The number of carboxylic acids is 1. The van der Waals surface area contributed by atoms with Crippen molar-refractivity contribution in [1.29, 1.82) is 0 Å². The average molecular weight is 261 g/mol. The number of carboxylic acid groups (broad SMARTS) is 1. The van der Waals surface area contributed by atoms with Crippen molar-refractivity contribution in [2.75, 3.05) is 13.1 Å². The van der Waals surface area contributed by atoms with E-state index in [1.807, 2.05) is 4.90 Å². The topological polar surface area (TPSA) is 40.5 Å². The zero-order valence-corrected chi connectivity index (χ0v) is 11.7. The van der Waals surface area contributed by atoms with Gasteiger partial charge in [0.25, 0.3) is 0 Å². The Morgan fingerprint density at radius 1 is 1.32 bits per heavy atom. The minimum Gasteiger partial charge on any atom is -0.480 e. The predicted octanol–water partition coefficient (Wildman–Crippen LogP) is 2.86. The Labute approximate surface area is 115 Å². The van der Waals surface area contributed by atoms with Crippen LogP contribution < -0.4 is 0 Å². The van der Waals surface area contributed by atoms with E-state index in [2.05, 4.69) is 25.1 Å². The van der Waals surface area contributed by atoms with Crippen LogP contribution in [-0.2, 0) is 24.2 Å². The van der Waals surface area contributed by atoms with Gasteiger partial charge in [0.05, 0.1) is 6.54 Å². The molecule has 0 saturated carbocycles. The van der Waals surface area contributed by atoms with Gasteiger partial charge in [0.15, 0.2) is 0 Å². The maximum atomic E-state index is 10.7. The molecule has 0 bridgehead atoms. The number of benzene rings is 1. The summed E-state index contributed by atoms with van der Waals surface area (Å²) in [4.78, 5) is 12.7. The van der Waals surface area contributed by atoms with Crippen LogP contribution in [0.4, 0.5) is 0 Å². The fraction of sp³-hybridized carbons (Fsp3) is 0.562. The lowest BCUT2D eigenvalue weighted by Gasteiger charge is -2.27. The van der Waals surface area contributed by atoms with Crippen LogP contribution in [0, 0.1) is 0 Å². The van der Waals surface area contributed by atoms with E-state index < -0.39 is 5.97 Å². The highest BCUT2D eigenvalue weighted by Crippen LogP contribution is 2.21. The van der Waals surface area contributed by atoms with Crippen LogP contribution in [0.2, 0.25) is 0 Å². The second-order valence-electron chi connectivity index (χ2n) is 5.41. The third kappa shape index (κ3) is 4.06. The zero-order valence-electron chi connectivity index (χ0n) is 11.7. The van der Waals surface area contributed by atoms with Gasteiger partial charge < -0.3 is 5.11 Å². The van der Waals surface area contributed by atoms with Gasteiger partial charge in [0.1, 0.15) is 0 Å². The van der Waals surface area contributed by atoms with Gasteiger partial charge in [0, 0.05) is 13.1 Å². The highest BCUT2D eigenvalue weighted by molar-refractivity contribution is 5.69. The van der Waals surface area contributed by atoms with Crippen molar-refractivity contribution >= 4 is 5.97 Å². The van der Waals surface area contributed by atoms with Crippen molar-refractivity contribution < 1.29 is 9.90 Å². The molecule has 1 aliphatic heterocycles. The van der Waals surface area contributed by atoms with E-state index in [1.54, 1.807) is 0 Å². The molecule has 0 unspecified atom stereocenters. The van der Waals surface area contributed by atoms with Crippen molar-refractivity contribution in [2.24, 2.45) is 0 Å². The fourth-order valence-corrected chi connectivity index (χ4v) is 2.73. The molecule has 104 valence electrons. The number of rotatable bonds is 6. The standard InChI is InChI=1S/C16H23NO2/c1-2-3-4-5-13-6-7-15-11-17(12-16(18)19)9-8-14(15)10-13/h6-7,10H,2-5,8-9,11-12H2,1H3,(H,18,19). The van der Waals surface area contributed by atoms with Gasteiger partial charge in [0.2, 0.25) is 0 Å². The summed E-state index contributed by atoms with van der Waals surface area (Å²) in [7, 11) is 0. The monoisotopic (exact) mass is 261 g/mol. The Balaban J connectivity index is 1.97. The molecule has 1 aromatic rings. The number of nitrogens with zero attached hydrogens (tertiary/aromatic N) is 1. The maximum absolute atomic E-state index is 10.7. The minimum absolute atomic E-state index is 0.150. The average Bonchev–Trinajstić information content (AvgIpc) is 2.38. The Hall–Kier alpha value is -1.35. The highest BCUT2D eigenvalue weighted by atomic mass is 16.4. The SMILES string of the molecule is CCCCCc1ccc2c(c1)CCN(CC(=O)O)C2. The summed E-state index contributed by atoms with van der Waals surface area (Å²) >= 11 is 0. The first-order valence-electron chi connectivity index (χ1n) is 7.24. The quantitative estimate of drug-likeness (QED) is 0.800. The second-order valence-corrected chi connectivity index (χ2v) is 5.41. The van der Waals surface area contributed by atoms with E-state index in [1.165, 1.54) is 42.4 Å². The van der Waals surface area contributed by atoms with Crippen molar-refractivity contribution in [3.63, 3.8) is 0 Å². The molecule has 0 fully saturated rings. The summed E-state index contributed by atoms with van der Waals surface area (Å²) in [5, 5.41) is 8.84. The molecule has 1 heterocycles.